The number of amides is 1. The van der Waals surface area contributed by atoms with E-state index in [9.17, 15) is 9.59 Å². The molecule has 3 aromatic carbocycles. The summed E-state index contributed by atoms with van der Waals surface area (Å²) in [7, 11) is 0. The summed E-state index contributed by atoms with van der Waals surface area (Å²) < 4.78 is 0. The first kappa shape index (κ1) is 22.9. The fraction of sp³-hybridized carbons (Fsp3) is 0.241. The van der Waals surface area contributed by atoms with E-state index >= 15 is 0 Å². The Morgan fingerprint density at radius 3 is 2.09 bits per heavy atom. The SMILES string of the molecule is Cc1cc(C)cc(N2C(=O)CC(c3c(Cl)cccc3Cl)C3=C2CC(c2ccccc2)CC3=O)c1. The second-order valence-electron chi connectivity index (χ2n) is 9.27. The molecular formula is C29H25Cl2NO2. The van der Waals surface area contributed by atoms with Crippen LogP contribution in [0.25, 0.3) is 0 Å². The van der Waals surface area contributed by atoms with Gasteiger partial charge in [-0.05, 0) is 72.7 Å². The zero-order chi connectivity index (χ0) is 24.0. The molecule has 0 spiro atoms. The molecule has 0 fully saturated rings. The lowest BCUT2D eigenvalue weighted by Crippen LogP contribution is -2.42. The van der Waals surface area contributed by atoms with E-state index in [2.05, 4.69) is 18.2 Å². The highest BCUT2D eigenvalue weighted by atomic mass is 35.5. The van der Waals surface area contributed by atoms with Gasteiger partial charge in [0.05, 0.1) is 0 Å². The third kappa shape index (κ3) is 4.08. The number of allylic oxidation sites excluding steroid dienone is 2. The maximum atomic E-state index is 13.8. The van der Waals surface area contributed by atoms with Gasteiger partial charge in [-0.3, -0.25) is 14.5 Å². The van der Waals surface area contributed by atoms with Crippen molar-refractivity contribution >= 4 is 40.6 Å². The van der Waals surface area contributed by atoms with Gasteiger partial charge in [-0.25, -0.2) is 0 Å². The van der Waals surface area contributed by atoms with Crippen molar-refractivity contribution in [2.24, 2.45) is 0 Å². The van der Waals surface area contributed by atoms with Gasteiger partial charge in [0.1, 0.15) is 0 Å². The number of nitrogens with zero attached hydrogens (tertiary/aromatic N) is 1. The molecule has 0 radical (unpaired) electrons. The summed E-state index contributed by atoms with van der Waals surface area (Å²) in [6, 6.07) is 21.5. The molecule has 5 rings (SSSR count). The molecule has 172 valence electrons. The predicted octanol–water partition coefficient (Wildman–Crippen LogP) is 7.53. The summed E-state index contributed by atoms with van der Waals surface area (Å²) in [6.07, 6.45) is 1.15. The molecule has 1 amide bonds. The molecule has 0 saturated carbocycles. The van der Waals surface area contributed by atoms with Crippen molar-refractivity contribution in [3.63, 3.8) is 0 Å². The lowest BCUT2D eigenvalue weighted by Gasteiger charge is -2.41. The van der Waals surface area contributed by atoms with Crippen molar-refractivity contribution in [1.29, 1.82) is 0 Å². The minimum atomic E-state index is -0.449. The molecule has 2 atom stereocenters. The van der Waals surface area contributed by atoms with E-state index in [0.717, 1.165) is 28.1 Å². The first-order chi connectivity index (χ1) is 16.3. The van der Waals surface area contributed by atoms with Crippen molar-refractivity contribution in [1.82, 2.24) is 0 Å². The molecule has 2 unspecified atom stereocenters. The monoisotopic (exact) mass is 489 g/mol. The summed E-state index contributed by atoms with van der Waals surface area (Å²) in [5.41, 5.74) is 6.16. The molecule has 0 aromatic heterocycles. The Morgan fingerprint density at radius 2 is 1.44 bits per heavy atom. The molecule has 1 aliphatic heterocycles. The van der Waals surface area contributed by atoms with Crippen molar-refractivity contribution in [3.8, 4) is 0 Å². The summed E-state index contributed by atoms with van der Waals surface area (Å²) in [4.78, 5) is 29.2. The van der Waals surface area contributed by atoms with Crippen LogP contribution in [0.1, 0.15) is 53.4 Å². The van der Waals surface area contributed by atoms with E-state index in [1.807, 2.05) is 44.2 Å². The van der Waals surface area contributed by atoms with Crippen molar-refractivity contribution in [2.75, 3.05) is 4.90 Å². The van der Waals surface area contributed by atoms with Crippen LogP contribution in [0.5, 0.6) is 0 Å². The van der Waals surface area contributed by atoms with Crippen LogP contribution in [0.3, 0.4) is 0 Å². The Bertz CT molecular complexity index is 1290. The molecular weight excluding hydrogens is 465 g/mol. The van der Waals surface area contributed by atoms with Gasteiger partial charge in [-0.2, -0.15) is 0 Å². The third-order valence-corrected chi connectivity index (χ3v) is 7.47. The Hall–Kier alpha value is -2.88. The van der Waals surface area contributed by atoms with Gasteiger partial charge in [0.2, 0.25) is 5.91 Å². The van der Waals surface area contributed by atoms with Crippen molar-refractivity contribution in [3.05, 3.63) is 110 Å². The lowest BCUT2D eigenvalue weighted by molar-refractivity contribution is -0.120. The van der Waals surface area contributed by atoms with Gasteiger partial charge in [-0.1, -0.05) is 65.7 Å². The number of Topliss-reactive ketones (excluding diaryl/α,β-unsaturated/α-hetero) is 1. The quantitative estimate of drug-likeness (QED) is 0.381. The highest BCUT2D eigenvalue weighted by molar-refractivity contribution is 6.36. The normalized spacial score (nSPS) is 20.5. The molecule has 0 bridgehead atoms. The van der Waals surface area contributed by atoms with Gasteiger partial charge in [0.25, 0.3) is 0 Å². The van der Waals surface area contributed by atoms with Crippen molar-refractivity contribution < 1.29 is 9.59 Å². The molecule has 1 heterocycles. The Labute approximate surface area is 210 Å². The molecule has 34 heavy (non-hydrogen) atoms. The average Bonchev–Trinajstić information content (AvgIpc) is 2.78. The number of hydrogen-bond acceptors (Lipinski definition) is 2. The molecule has 2 aliphatic rings. The molecule has 1 aliphatic carbocycles. The van der Waals surface area contributed by atoms with Crippen LogP contribution in [0, 0.1) is 13.8 Å². The van der Waals surface area contributed by atoms with Crippen molar-refractivity contribution in [2.45, 2.75) is 44.9 Å². The average molecular weight is 490 g/mol. The summed E-state index contributed by atoms with van der Waals surface area (Å²) in [6.45, 7) is 4.04. The maximum Gasteiger partial charge on any atom is 0.232 e. The largest absolute Gasteiger partial charge is 0.294 e. The van der Waals surface area contributed by atoms with Crippen LogP contribution < -0.4 is 4.90 Å². The first-order valence-corrected chi connectivity index (χ1v) is 12.3. The van der Waals surface area contributed by atoms with E-state index < -0.39 is 5.92 Å². The van der Waals surface area contributed by atoms with Gasteiger partial charge >= 0.3 is 0 Å². The van der Waals surface area contributed by atoms with Gasteiger partial charge in [0.15, 0.2) is 5.78 Å². The number of carbonyl (C=O) groups excluding carboxylic acids is 2. The molecule has 3 aromatic rings. The van der Waals surface area contributed by atoms with Crippen LogP contribution in [-0.2, 0) is 9.59 Å². The van der Waals surface area contributed by atoms with E-state index in [0.29, 0.717) is 34.0 Å². The van der Waals surface area contributed by atoms with Gasteiger partial charge in [0, 0.05) is 45.8 Å². The predicted molar refractivity (Wildman–Crippen MR) is 138 cm³/mol. The molecule has 0 saturated heterocycles. The smallest absolute Gasteiger partial charge is 0.232 e. The second-order valence-corrected chi connectivity index (χ2v) is 10.1. The maximum absolute atomic E-state index is 13.8. The van der Waals surface area contributed by atoms with Crippen LogP contribution in [-0.4, -0.2) is 11.7 Å². The van der Waals surface area contributed by atoms with Crippen LogP contribution in [0.4, 0.5) is 5.69 Å². The Morgan fingerprint density at radius 1 is 0.794 bits per heavy atom. The number of aryl methyl sites for hydroxylation is 2. The van der Waals surface area contributed by atoms with E-state index in [-0.39, 0.29) is 24.0 Å². The Kier molecular flexibility index (Phi) is 6.09. The zero-order valence-corrected chi connectivity index (χ0v) is 20.7. The number of carbonyl (C=O) groups is 2. The van der Waals surface area contributed by atoms with Crippen LogP contribution in [0.2, 0.25) is 10.0 Å². The van der Waals surface area contributed by atoms with E-state index in [1.54, 1.807) is 23.1 Å². The number of rotatable bonds is 3. The number of benzene rings is 3. The number of ketones is 1. The lowest BCUT2D eigenvalue weighted by atomic mass is 9.72. The molecule has 3 nitrogen and oxygen atoms in total. The minimum absolute atomic E-state index is 0.00845. The Balaban J connectivity index is 1.71. The number of anilines is 1. The number of hydrogen-bond donors (Lipinski definition) is 0. The van der Waals surface area contributed by atoms with Gasteiger partial charge < -0.3 is 0 Å². The molecule has 0 N–H and O–H groups in total. The second kappa shape index (κ2) is 9.05. The van der Waals surface area contributed by atoms with Crippen LogP contribution in [0.15, 0.2) is 78.0 Å². The molecule has 5 heteroatoms. The zero-order valence-electron chi connectivity index (χ0n) is 19.1. The fourth-order valence-corrected chi connectivity index (χ4v) is 6.13. The highest BCUT2D eigenvalue weighted by Gasteiger charge is 2.43. The third-order valence-electron chi connectivity index (χ3n) is 6.81. The van der Waals surface area contributed by atoms with Crippen LogP contribution >= 0.6 is 23.2 Å². The van der Waals surface area contributed by atoms with Gasteiger partial charge in [-0.15, -0.1) is 0 Å². The van der Waals surface area contributed by atoms with E-state index in [4.69, 9.17) is 23.2 Å². The first-order valence-electron chi connectivity index (χ1n) is 11.5. The topological polar surface area (TPSA) is 37.4 Å². The summed E-state index contributed by atoms with van der Waals surface area (Å²) >= 11 is 13.1. The highest BCUT2D eigenvalue weighted by Crippen LogP contribution is 2.49. The fourth-order valence-electron chi connectivity index (χ4n) is 5.47. The summed E-state index contributed by atoms with van der Waals surface area (Å²) in [5.74, 6) is -0.437. The summed E-state index contributed by atoms with van der Waals surface area (Å²) in [5, 5.41) is 0.963. The standard InChI is InChI=1S/C29H25Cl2NO2/c1-17-11-18(2)13-21(12-17)32-25-14-20(19-7-4-3-5-8-19)15-26(33)29(25)22(16-27(32)34)28-23(30)9-6-10-24(28)31/h3-13,20,22H,14-16H2,1-2H3. The number of halogens is 2. The van der Waals surface area contributed by atoms with E-state index in [1.165, 1.54) is 0 Å². The minimum Gasteiger partial charge on any atom is -0.294 e.